The third-order valence-corrected chi connectivity index (χ3v) is 3.34. The van der Waals surface area contributed by atoms with Gasteiger partial charge in [0.1, 0.15) is 29.6 Å². The minimum absolute atomic E-state index is 0.0138. The molecule has 104 valence electrons. The van der Waals surface area contributed by atoms with Crippen LogP contribution < -0.4 is 11.5 Å². The average molecular weight is 278 g/mol. The molecule has 4 N–H and O–H groups in total. The standard InChI is InChI=1S/C12H12F2N6/c13-5-12(8-3-7(15)1-2-9(8)14)6-20-10(4-17-19-20)11(16)18-12/h1-4H,5-6,15H2,(H2,16,18). The number of nitrogen functional groups attached to an aromatic ring is 1. The van der Waals surface area contributed by atoms with Crippen LogP contribution in [0.2, 0.25) is 0 Å². The van der Waals surface area contributed by atoms with E-state index < -0.39 is 18.0 Å². The molecule has 2 heterocycles. The number of amidine groups is 1. The molecule has 1 aromatic heterocycles. The van der Waals surface area contributed by atoms with Gasteiger partial charge in [-0.1, -0.05) is 5.21 Å². The van der Waals surface area contributed by atoms with E-state index in [1.807, 2.05) is 0 Å². The highest BCUT2D eigenvalue weighted by atomic mass is 19.1. The summed E-state index contributed by atoms with van der Waals surface area (Å²) in [6, 6.07) is 3.96. The second-order valence-electron chi connectivity index (χ2n) is 4.68. The highest BCUT2D eigenvalue weighted by Gasteiger charge is 2.40. The lowest BCUT2D eigenvalue weighted by molar-refractivity contribution is 0.253. The molecule has 0 saturated heterocycles. The number of hydrogen-bond donors (Lipinski definition) is 2. The summed E-state index contributed by atoms with van der Waals surface area (Å²) in [6.07, 6.45) is 1.43. The third-order valence-electron chi connectivity index (χ3n) is 3.34. The number of nitrogens with zero attached hydrogens (tertiary/aromatic N) is 4. The second-order valence-corrected chi connectivity index (χ2v) is 4.68. The Morgan fingerprint density at radius 2 is 2.15 bits per heavy atom. The fourth-order valence-corrected chi connectivity index (χ4v) is 2.33. The molecule has 8 heteroatoms. The molecule has 20 heavy (non-hydrogen) atoms. The number of fused-ring (bicyclic) bond motifs is 1. The Labute approximate surface area is 113 Å². The molecule has 0 amide bonds. The van der Waals surface area contributed by atoms with E-state index in [4.69, 9.17) is 11.5 Å². The zero-order valence-electron chi connectivity index (χ0n) is 10.4. The summed E-state index contributed by atoms with van der Waals surface area (Å²) in [4.78, 5) is 4.14. The molecule has 1 atom stereocenters. The van der Waals surface area contributed by atoms with Crippen LogP contribution in [-0.4, -0.2) is 27.5 Å². The number of anilines is 1. The van der Waals surface area contributed by atoms with Gasteiger partial charge >= 0.3 is 0 Å². The number of rotatable bonds is 2. The van der Waals surface area contributed by atoms with Crippen molar-refractivity contribution in [3.8, 4) is 0 Å². The van der Waals surface area contributed by atoms with Crippen LogP contribution in [0.15, 0.2) is 29.4 Å². The first kappa shape index (κ1) is 12.5. The Morgan fingerprint density at radius 1 is 1.35 bits per heavy atom. The third kappa shape index (κ3) is 1.72. The minimum Gasteiger partial charge on any atom is -0.399 e. The van der Waals surface area contributed by atoms with Gasteiger partial charge in [0, 0.05) is 11.3 Å². The Kier molecular flexibility index (Phi) is 2.66. The molecule has 1 aromatic carbocycles. The smallest absolute Gasteiger partial charge is 0.147 e. The van der Waals surface area contributed by atoms with E-state index >= 15 is 0 Å². The van der Waals surface area contributed by atoms with Crippen LogP contribution >= 0.6 is 0 Å². The Hall–Kier alpha value is -2.51. The molecule has 0 saturated carbocycles. The van der Waals surface area contributed by atoms with Gasteiger partial charge in [-0.25, -0.2) is 13.5 Å². The Morgan fingerprint density at radius 3 is 2.90 bits per heavy atom. The number of halogens is 2. The second kappa shape index (κ2) is 4.26. The van der Waals surface area contributed by atoms with E-state index in [-0.39, 0.29) is 17.9 Å². The van der Waals surface area contributed by atoms with Crippen molar-refractivity contribution in [3.05, 3.63) is 41.5 Å². The maximum atomic E-state index is 14.0. The van der Waals surface area contributed by atoms with Gasteiger partial charge in [-0.3, -0.25) is 4.99 Å². The summed E-state index contributed by atoms with van der Waals surface area (Å²) >= 11 is 0. The van der Waals surface area contributed by atoms with Crippen molar-refractivity contribution in [2.24, 2.45) is 10.7 Å². The maximum Gasteiger partial charge on any atom is 0.147 e. The van der Waals surface area contributed by atoms with E-state index in [1.165, 1.54) is 29.1 Å². The lowest BCUT2D eigenvalue weighted by atomic mass is 9.89. The molecule has 0 spiro atoms. The number of nitrogens with two attached hydrogens (primary N) is 2. The van der Waals surface area contributed by atoms with E-state index in [0.29, 0.717) is 11.4 Å². The highest BCUT2D eigenvalue weighted by Crippen LogP contribution is 2.34. The van der Waals surface area contributed by atoms with E-state index in [0.717, 1.165) is 0 Å². The monoisotopic (exact) mass is 278 g/mol. The van der Waals surface area contributed by atoms with Crippen LogP contribution in [0.1, 0.15) is 11.3 Å². The maximum absolute atomic E-state index is 14.0. The lowest BCUT2D eigenvalue weighted by Gasteiger charge is -2.31. The first-order chi connectivity index (χ1) is 9.55. The van der Waals surface area contributed by atoms with Crippen LogP contribution in [0.5, 0.6) is 0 Å². The van der Waals surface area contributed by atoms with E-state index in [1.54, 1.807) is 0 Å². The number of aliphatic imine (C=N–C) groups is 1. The molecular weight excluding hydrogens is 266 g/mol. The molecule has 1 aliphatic heterocycles. The molecule has 0 bridgehead atoms. The number of hydrogen-bond acceptors (Lipinski definition) is 5. The SMILES string of the molecule is NC1=NC(CF)(c2cc(N)ccc2F)Cn2nncc21. The summed E-state index contributed by atoms with van der Waals surface area (Å²) in [5.41, 5.74) is 10.9. The fourth-order valence-electron chi connectivity index (χ4n) is 2.33. The molecule has 1 unspecified atom stereocenters. The summed E-state index contributed by atoms with van der Waals surface area (Å²) in [5.74, 6) is -0.516. The lowest BCUT2D eigenvalue weighted by Crippen LogP contribution is -2.41. The first-order valence-electron chi connectivity index (χ1n) is 5.91. The normalized spacial score (nSPS) is 21.4. The van der Waals surface area contributed by atoms with Gasteiger partial charge in [0.15, 0.2) is 0 Å². The van der Waals surface area contributed by atoms with Gasteiger partial charge in [-0.15, -0.1) is 5.10 Å². The van der Waals surface area contributed by atoms with E-state index in [2.05, 4.69) is 15.3 Å². The molecule has 0 fully saturated rings. The van der Waals surface area contributed by atoms with Crippen LogP contribution in [0.3, 0.4) is 0 Å². The van der Waals surface area contributed by atoms with Gasteiger partial charge in [-0.05, 0) is 18.2 Å². The topological polar surface area (TPSA) is 95.1 Å². The minimum atomic E-state index is -1.47. The van der Waals surface area contributed by atoms with Gasteiger partial charge < -0.3 is 11.5 Å². The fraction of sp³-hybridized carbons (Fsp3) is 0.250. The van der Waals surface area contributed by atoms with Gasteiger partial charge in [-0.2, -0.15) is 0 Å². The average Bonchev–Trinajstić information content (AvgIpc) is 2.90. The molecule has 1 aliphatic rings. The summed E-state index contributed by atoms with van der Waals surface area (Å²) < 4.78 is 29.1. The largest absolute Gasteiger partial charge is 0.399 e. The van der Waals surface area contributed by atoms with Crippen LogP contribution in [0, 0.1) is 5.82 Å². The predicted octanol–water partition coefficient (Wildman–Crippen LogP) is 0.583. The van der Waals surface area contributed by atoms with Crippen molar-refractivity contribution in [2.45, 2.75) is 12.1 Å². The van der Waals surface area contributed by atoms with Crippen LogP contribution in [-0.2, 0) is 12.1 Å². The van der Waals surface area contributed by atoms with E-state index in [9.17, 15) is 8.78 Å². The van der Waals surface area contributed by atoms with Crippen LogP contribution in [0.4, 0.5) is 14.5 Å². The number of benzene rings is 1. The van der Waals surface area contributed by atoms with Crippen molar-refractivity contribution < 1.29 is 8.78 Å². The van der Waals surface area contributed by atoms with Gasteiger partial charge in [0.05, 0.1) is 12.7 Å². The number of aromatic nitrogens is 3. The zero-order valence-corrected chi connectivity index (χ0v) is 10.4. The zero-order chi connectivity index (χ0) is 14.3. The summed E-state index contributed by atoms with van der Waals surface area (Å²) in [7, 11) is 0. The van der Waals surface area contributed by atoms with Crippen molar-refractivity contribution in [2.75, 3.05) is 12.4 Å². The van der Waals surface area contributed by atoms with Crippen molar-refractivity contribution in [1.29, 1.82) is 0 Å². The molecule has 0 radical (unpaired) electrons. The van der Waals surface area contributed by atoms with Gasteiger partial charge in [0.25, 0.3) is 0 Å². The Balaban J connectivity index is 2.19. The quantitative estimate of drug-likeness (QED) is 0.786. The molecular formula is C12H12F2N6. The molecule has 6 nitrogen and oxygen atoms in total. The highest BCUT2D eigenvalue weighted by molar-refractivity contribution is 5.96. The Bertz CT molecular complexity index is 695. The number of alkyl halides is 1. The molecule has 0 aliphatic carbocycles. The van der Waals surface area contributed by atoms with Crippen molar-refractivity contribution >= 4 is 11.5 Å². The van der Waals surface area contributed by atoms with Gasteiger partial charge in [0.2, 0.25) is 0 Å². The summed E-state index contributed by atoms with van der Waals surface area (Å²) in [5, 5.41) is 7.51. The van der Waals surface area contributed by atoms with Crippen molar-refractivity contribution in [1.82, 2.24) is 15.0 Å². The first-order valence-corrected chi connectivity index (χ1v) is 5.91. The van der Waals surface area contributed by atoms with Crippen molar-refractivity contribution in [3.63, 3.8) is 0 Å². The molecule has 2 aromatic rings. The molecule has 3 rings (SSSR count). The summed E-state index contributed by atoms with van der Waals surface area (Å²) in [6.45, 7) is -0.909. The van der Waals surface area contributed by atoms with Crippen LogP contribution in [0.25, 0.3) is 0 Å². The predicted molar refractivity (Wildman–Crippen MR) is 69.2 cm³/mol.